The lowest BCUT2D eigenvalue weighted by Crippen LogP contribution is -2.74. The van der Waals surface area contributed by atoms with E-state index in [4.69, 9.17) is 9.47 Å². The number of aromatic nitrogens is 4. The van der Waals surface area contributed by atoms with Crippen LogP contribution in [-0.2, 0) is 40.7 Å². The number of nitrogens with zero attached hydrogens (tertiary/aromatic N) is 5. The number of ether oxygens (including phenoxy) is 2. The summed E-state index contributed by atoms with van der Waals surface area (Å²) >= 11 is 0.734. The first-order chi connectivity index (χ1) is 15.9. The maximum absolute atomic E-state index is 14.3. The molecule has 0 spiro atoms. The molecule has 0 radical (unpaired) electrons. The molecule has 0 bridgehead atoms. The Hall–Kier alpha value is -2.32. The summed E-state index contributed by atoms with van der Waals surface area (Å²) in [5, 5.41) is 9.84. The molecule has 0 aromatic carbocycles. The molecule has 1 unspecified atom stereocenters. The van der Waals surface area contributed by atoms with Crippen molar-refractivity contribution in [2.75, 3.05) is 7.11 Å². The van der Waals surface area contributed by atoms with Crippen LogP contribution in [0, 0.1) is 5.41 Å². The van der Waals surface area contributed by atoms with Crippen molar-refractivity contribution < 1.29 is 32.3 Å². The van der Waals surface area contributed by atoms with Crippen molar-refractivity contribution >= 4 is 39.3 Å². The van der Waals surface area contributed by atoms with E-state index in [0.29, 0.717) is 0 Å². The van der Waals surface area contributed by atoms with Crippen molar-refractivity contribution in [2.24, 2.45) is 12.5 Å². The van der Waals surface area contributed by atoms with Gasteiger partial charge in [0.1, 0.15) is 5.60 Å². The molecule has 1 aromatic heterocycles. The van der Waals surface area contributed by atoms with Gasteiger partial charge in [0.05, 0.1) is 12.1 Å². The van der Waals surface area contributed by atoms with Crippen molar-refractivity contribution in [1.29, 1.82) is 0 Å². The van der Waals surface area contributed by atoms with E-state index < -0.39 is 60.5 Å². The van der Waals surface area contributed by atoms with Crippen molar-refractivity contribution in [2.45, 2.75) is 81.2 Å². The summed E-state index contributed by atoms with van der Waals surface area (Å²) in [5.41, 5.74) is -1.87. The zero-order valence-electron chi connectivity index (χ0n) is 21.3. The lowest BCUT2D eigenvalue weighted by molar-refractivity contribution is -0.161. The Morgan fingerprint density at radius 1 is 1.17 bits per heavy atom. The van der Waals surface area contributed by atoms with E-state index in [1.807, 2.05) is 0 Å². The summed E-state index contributed by atoms with van der Waals surface area (Å²) in [6.07, 6.45) is -1.96. The molecular formula is C21H31N5O7S2. The van der Waals surface area contributed by atoms with Gasteiger partial charge < -0.3 is 9.47 Å². The highest BCUT2D eigenvalue weighted by Crippen LogP contribution is 2.55. The minimum absolute atomic E-state index is 0.0374. The second-order valence-corrected chi connectivity index (χ2v) is 14.4. The molecule has 2 aliphatic rings. The van der Waals surface area contributed by atoms with Gasteiger partial charge in [-0.3, -0.25) is 19.3 Å². The molecule has 0 saturated carbocycles. The van der Waals surface area contributed by atoms with Gasteiger partial charge >= 0.3 is 5.97 Å². The number of methoxy groups -OCH3 is 1. The molecule has 3 atom stereocenters. The van der Waals surface area contributed by atoms with Crippen molar-refractivity contribution in [3.63, 3.8) is 0 Å². The van der Waals surface area contributed by atoms with Gasteiger partial charge in [-0.1, -0.05) is 32.5 Å². The molecule has 3 heterocycles. The highest BCUT2D eigenvalue weighted by molar-refractivity contribution is 8.15. The smallest absolute Gasteiger partial charge is 0.309 e. The number of aryl methyl sites for hydroxylation is 1. The third-order valence-corrected chi connectivity index (χ3v) is 10.4. The molecule has 14 heteroatoms. The molecule has 2 aliphatic heterocycles. The summed E-state index contributed by atoms with van der Waals surface area (Å²) in [6, 6.07) is 0. The number of ketones is 1. The van der Waals surface area contributed by atoms with E-state index in [9.17, 15) is 22.8 Å². The maximum Gasteiger partial charge on any atom is 0.309 e. The summed E-state index contributed by atoms with van der Waals surface area (Å²) in [6.45, 7) is 11.4. The van der Waals surface area contributed by atoms with Crippen LogP contribution in [0.3, 0.4) is 0 Å². The van der Waals surface area contributed by atoms with Gasteiger partial charge in [-0.25, -0.2) is 13.1 Å². The Bertz CT molecular complexity index is 1210. The van der Waals surface area contributed by atoms with Crippen LogP contribution in [0.2, 0.25) is 0 Å². The normalized spacial score (nSPS) is 26.3. The maximum atomic E-state index is 14.3. The molecule has 3 rings (SSSR count). The monoisotopic (exact) mass is 529 g/mol. The highest BCUT2D eigenvalue weighted by atomic mass is 32.3. The highest BCUT2D eigenvalue weighted by Gasteiger charge is 2.69. The fourth-order valence-corrected chi connectivity index (χ4v) is 8.26. The predicted octanol–water partition coefficient (Wildman–Crippen LogP) is 1.23. The van der Waals surface area contributed by atoms with E-state index in [2.05, 4.69) is 15.5 Å². The van der Waals surface area contributed by atoms with Gasteiger partial charge in [-0.15, -0.1) is 5.10 Å². The number of amides is 1. The number of rotatable bonds is 6. The van der Waals surface area contributed by atoms with Crippen LogP contribution in [0.4, 0.5) is 0 Å². The topological polar surface area (TPSA) is 151 Å². The van der Waals surface area contributed by atoms with Gasteiger partial charge in [0, 0.05) is 19.6 Å². The molecule has 0 N–H and O–H groups in total. The number of tetrazole rings is 1. The van der Waals surface area contributed by atoms with Crippen LogP contribution >= 0.6 is 11.8 Å². The summed E-state index contributed by atoms with van der Waals surface area (Å²) < 4.78 is 38.4. The van der Waals surface area contributed by atoms with Crippen LogP contribution in [0.5, 0.6) is 0 Å². The van der Waals surface area contributed by atoms with Crippen LogP contribution in [0.25, 0.3) is 0 Å². The van der Waals surface area contributed by atoms with Gasteiger partial charge in [0.25, 0.3) is 5.91 Å². The number of Topliss-reactive ketones (excluding diaryl/α,β-unsaturated/α-hetero) is 1. The van der Waals surface area contributed by atoms with Crippen LogP contribution < -0.4 is 0 Å². The average molecular weight is 530 g/mol. The molecule has 35 heavy (non-hydrogen) atoms. The number of hydrogen-bond donors (Lipinski definition) is 0. The first-order valence-electron chi connectivity index (χ1n) is 10.9. The Kier molecular flexibility index (Phi) is 6.75. The molecule has 1 saturated heterocycles. The minimum atomic E-state index is -4.40. The first kappa shape index (κ1) is 27.3. The zero-order valence-corrected chi connectivity index (χ0v) is 22.9. The van der Waals surface area contributed by atoms with E-state index >= 15 is 0 Å². The first-order valence-corrected chi connectivity index (χ1v) is 13.2. The van der Waals surface area contributed by atoms with Crippen molar-refractivity contribution in [1.82, 2.24) is 25.1 Å². The minimum Gasteiger partial charge on any atom is -0.460 e. The van der Waals surface area contributed by atoms with E-state index in [-0.39, 0.29) is 16.4 Å². The standard InChI is InChI=1S/C21H31N5O7S2/c1-11-13(15(28)19(2,3)4)26-16(29)14(32-9)17(26)35(30,31)21(11,10-12(27)33-20(5,6)7)34-18-22-23-24-25(18)8/h14,17H,10H2,1-9H3/t14-,17-,21?/m0/s1. The third kappa shape index (κ3) is 4.40. The Labute approximate surface area is 208 Å². The lowest BCUT2D eigenvalue weighted by Gasteiger charge is -2.54. The summed E-state index contributed by atoms with van der Waals surface area (Å²) in [7, 11) is -1.65. The van der Waals surface area contributed by atoms with Crippen LogP contribution in [-0.4, -0.2) is 79.5 Å². The second kappa shape index (κ2) is 8.66. The lowest BCUT2D eigenvalue weighted by atomic mass is 9.84. The number of thioether (sulfide) groups is 1. The van der Waals surface area contributed by atoms with E-state index in [1.54, 1.807) is 41.5 Å². The quantitative estimate of drug-likeness (QED) is 0.386. The Morgan fingerprint density at radius 2 is 1.77 bits per heavy atom. The van der Waals surface area contributed by atoms with Gasteiger partial charge in [-0.2, -0.15) is 0 Å². The average Bonchev–Trinajstić information content (AvgIpc) is 3.09. The second-order valence-electron chi connectivity index (χ2n) is 10.6. The number of allylic oxidation sites excluding steroid dienone is 1. The Morgan fingerprint density at radius 3 is 2.23 bits per heavy atom. The van der Waals surface area contributed by atoms with Crippen molar-refractivity contribution in [3.8, 4) is 0 Å². The van der Waals surface area contributed by atoms with E-state index in [0.717, 1.165) is 16.7 Å². The van der Waals surface area contributed by atoms with Gasteiger partial charge in [-0.05, 0) is 43.7 Å². The number of β-lactam (4-membered cyclic amide) rings is 1. The van der Waals surface area contributed by atoms with Gasteiger partial charge in [0.2, 0.25) is 5.16 Å². The molecule has 194 valence electrons. The number of carbonyl (C=O) groups excluding carboxylic acids is 3. The fourth-order valence-electron chi connectivity index (χ4n) is 4.02. The number of fused-ring (bicyclic) bond motifs is 1. The molecule has 1 amide bonds. The van der Waals surface area contributed by atoms with Crippen LogP contribution in [0.15, 0.2) is 16.4 Å². The summed E-state index contributed by atoms with van der Waals surface area (Å²) in [4.78, 5) is 40.6. The largest absolute Gasteiger partial charge is 0.460 e. The molecular weight excluding hydrogens is 498 g/mol. The van der Waals surface area contributed by atoms with Crippen molar-refractivity contribution in [3.05, 3.63) is 11.3 Å². The fraction of sp³-hybridized carbons (Fsp3) is 0.714. The zero-order chi connectivity index (χ0) is 26.7. The van der Waals surface area contributed by atoms with Gasteiger partial charge in [0.15, 0.2) is 31.2 Å². The third-order valence-electron chi connectivity index (χ3n) is 5.72. The number of esters is 1. The van der Waals surface area contributed by atoms with Crippen LogP contribution in [0.1, 0.15) is 54.9 Å². The Balaban J connectivity index is 2.35. The summed E-state index contributed by atoms with van der Waals surface area (Å²) in [5.74, 6) is -1.87. The molecule has 0 aliphatic carbocycles. The van der Waals surface area contributed by atoms with E-state index in [1.165, 1.54) is 25.8 Å². The number of sulfone groups is 1. The number of hydrogen-bond acceptors (Lipinski definition) is 11. The molecule has 12 nitrogen and oxygen atoms in total. The molecule has 1 fully saturated rings. The SMILES string of the molecule is CO[C@H]1C(=O)N2C(C(=O)C(C)(C)C)=C(C)C(CC(=O)OC(C)(C)C)(Sc3nnnn3C)S(=O)(=O)[C@@H]12. The predicted molar refractivity (Wildman–Crippen MR) is 125 cm³/mol. The molecule has 1 aromatic rings. The number of carbonyl (C=O) groups is 3.